The van der Waals surface area contributed by atoms with E-state index in [2.05, 4.69) is 16.3 Å². The van der Waals surface area contributed by atoms with Gasteiger partial charge in [-0.25, -0.2) is 4.68 Å². The summed E-state index contributed by atoms with van der Waals surface area (Å²) in [6, 6.07) is 30.4. The van der Waals surface area contributed by atoms with Gasteiger partial charge in [0, 0.05) is 22.9 Å². The van der Waals surface area contributed by atoms with E-state index in [0.29, 0.717) is 22.5 Å². The van der Waals surface area contributed by atoms with Crippen LogP contribution in [0, 0.1) is 18.3 Å². The predicted molar refractivity (Wildman–Crippen MR) is 141 cm³/mol. The number of para-hydroxylation sites is 1. The van der Waals surface area contributed by atoms with Gasteiger partial charge in [-0.05, 0) is 37.3 Å². The van der Waals surface area contributed by atoms with Crippen LogP contribution in [0.2, 0.25) is 0 Å². The Morgan fingerprint density at radius 3 is 2.22 bits per heavy atom. The summed E-state index contributed by atoms with van der Waals surface area (Å²) in [4.78, 5) is 0. The third-order valence-electron chi connectivity index (χ3n) is 5.80. The van der Waals surface area contributed by atoms with E-state index < -0.39 is 0 Å². The smallest absolute Gasteiger partial charge is 0.152 e. The number of rotatable bonds is 5. The summed E-state index contributed by atoms with van der Waals surface area (Å²) in [5.74, 6) is -0.177. The number of aryl methyl sites for hydroxylation is 1. The molecule has 0 saturated heterocycles. The van der Waals surface area contributed by atoms with Gasteiger partial charge < -0.3 is 10.8 Å². The number of nitrogens with zero attached hydrogens (tertiary/aromatic N) is 5. The summed E-state index contributed by atoms with van der Waals surface area (Å²) in [6.45, 7) is 2.02. The predicted octanol–water partition coefficient (Wildman–Crippen LogP) is 7.09. The first-order valence-electron chi connectivity index (χ1n) is 11.3. The normalized spacial score (nSPS) is 11.0. The molecular weight excluding hydrogens is 448 g/mol. The number of hydrogen-bond donors (Lipinski definition) is 2. The van der Waals surface area contributed by atoms with Crippen molar-refractivity contribution in [2.75, 3.05) is 5.73 Å². The molecule has 3 N–H and O–H groups in total. The SMILES string of the molecule is Cc1ccc(-c2nn(-c3ccccc3)cc2-c2cc(O)c(N=Nc3ccccc3)c(N)c2C#N)cc1. The van der Waals surface area contributed by atoms with Gasteiger partial charge in [0.1, 0.15) is 17.5 Å². The lowest BCUT2D eigenvalue weighted by atomic mass is 9.95. The van der Waals surface area contributed by atoms with E-state index in [4.69, 9.17) is 10.8 Å². The molecule has 4 aromatic carbocycles. The molecular formula is C29H22N6O. The van der Waals surface area contributed by atoms with Gasteiger partial charge in [0.25, 0.3) is 0 Å². The zero-order valence-electron chi connectivity index (χ0n) is 19.5. The van der Waals surface area contributed by atoms with Crippen molar-refractivity contribution in [1.82, 2.24) is 9.78 Å². The molecule has 1 heterocycles. The van der Waals surface area contributed by atoms with Crippen LogP contribution in [0.4, 0.5) is 17.1 Å². The molecule has 0 saturated carbocycles. The van der Waals surface area contributed by atoms with Crippen molar-refractivity contribution in [1.29, 1.82) is 5.26 Å². The van der Waals surface area contributed by atoms with Crippen molar-refractivity contribution < 1.29 is 5.11 Å². The maximum atomic E-state index is 10.9. The van der Waals surface area contributed by atoms with Crippen LogP contribution < -0.4 is 5.73 Å². The number of azo groups is 1. The number of phenols is 1. The third-order valence-corrected chi connectivity index (χ3v) is 5.80. The van der Waals surface area contributed by atoms with Crippen molar-refractivity contribution >= 4 is 17.1 Å². The highest BCUT2D eigenvalue weighted by molar-refractivity contribution is 5.91. The monoisotopic (exact) mass is 470 g/mol. The highest BCUT2D eigenvalue weighted by Gasteiger charge is 2.22. The summed E-state index contributed by atoms with van der Waals surface area (Å²) >= 11 is 0. The lowest BCUT2D eigenvalue weighted by Gasteiger charge is -2.11. The maximum Gasteiger partial charge on any atom is 0.152 e. The van der Waals surface area contributed by atoms with Crippen LogP contribution >= 0.6 is 0 Å². The van der Waals surface area contributed by atoms with Crippen molar-refractivity contribution in [2.45, 2.75) is 6.92 Å². The Hall–Kier alpha value is -5.22. The number of anilines is 1. The number of nitriles is 1. The lowest BCUT2D eigenvalue weighted by molar-refractivity contribution is 0.477. The van der Waals surface area contributed by atoms with Crippen LogP contribution in [0.1, 0.15) is 11.1 Å². The molecule has 7 nitrogen and oxygen atoms in total. The van der Waals surface area contributed by atoms with E-state index >= 15 is 0 Å². The molecule has 0 atom stereocenters. The van der Waals surface area contributed by atoms with Gasteiger partial charge in [0.2, 0.25) is 0 Å². The number of benzene rings is 4. The number of aromatic hydroxyl groups is 1. The van der Waals surface area contributed by atoms with Gasteiger partial charge in [-0.1, -0.05) is 66.2 Å². The molecule has 7 heteroatoms. The second kappa shape index (κ2) is 9.57. The van der Waals surface area contributed by atoms with E-state index in [1.807, 2.05) is 85.9 Å². The number of hydrogen-bond acceptors (Lipinski definition) is 6. The summed E-state index contributed by atoms with van der Waals surface area (Å²) in [7, 11) is 0. The number of phenolic OH excluding ortho intramolecular Hbond substituents is 1. The molecule has 0 bridgehead atoms. The first-order chi connectivity index (χ1) is 17.5. The Bertz CT molecular complexity index is 1600. The summed E-state index contributed by atoms with van der Waals surface area (Å²) in [6.07, 6.45) is 1.84. The van der Waals surface area contributed by atoms with Crippen molar-refractivity contribution in [3.63, 3.8) is 0 Å². The van der Waals surface area contributed by atoms with E-state index in [1.54, 1.807) is 16.8 Å². The van der Waals surface area contributed by atoms with Crippen molar-refractivity contribution in [2.24, 2.45) is 10.2 Å². The third kappa shape index (κ3) is 4.31. The minimum absolute atomic E-state index is 0.0477. The Labute approximate surface area is 208 Å². The maximum absolute atomic E-state index is 10.9. The van der Waals surface area contributed by atoms with Crippen LogP contribution in [0.15, 0.2) is 107 Å². The van der Waals surface area contributed by atoms with Gasteiger partial charge in [-0.15, -0.1) is 5.11 Å². The van der Waals surface area contributed by atoms with Gasteiger partial charge in [0.05, 0.1) is 22.6 Å². The number of nitrogen functional groups attached to an aromatic ring is 1. The minimum Gasteiger partial charge on any atom is -0.506 e. The molecule has 0 amide bonds. The molecule has 36 heavy (non-hydrogen) atoms. The van der Waals surface area contributed by atoms with E-state index in [0.717, 1.165) is 16.8 Å². The largest absolute Gasteiger partial charge is 0.506 e. The van der Waals surface area contributed by atoms with Crippen LogP contribution in [0.25, 0.3) is 28.1 Å². The summed E-state index contributed by atoms with van der Waals surface area (Å²) in [5, 5.41) is 34.1. The van der Waals surface area contributed by atoms with Gasteiger partial charge in [0.15, 0.2) is 5.69 Å². The van der Waals surface area contributed by atoms with E-state index in [9.17, 15) is 10.4 Å². The van der Waals surface area contributed by atoms with Crippen LogP contribution in [-0.2, 0) is 0 Å². The van der Waals surface area contributed by atoms with Crippen LogP contribution in [-0.4, -0.2) is 14.9 Å². The quantitative estimate of drug-likeness (QED) is 0.211. The van der Waals surface area contributed by atoms with Gasteiger partial charge in [-0.2, -0.15) is 15.5 Å². The fourth-order valence-corrected chi connectivity index (χ4v) is 3.93. The first kappa shape index (κ1) is 22.6. The molecule has 0 fully saturated rings. The average Bonchev–Trinajstić information content (AvgIpc) is 3.35. The highest BCUT2D eigenvalue weighted by atomic mass is 16.3. The molecule has 0 spiro atoms. The van der Waals surface area contributed by atoms with Crippen molar-refractivity contribution in [3.05, 3.63) is 108 Å². The first-order valence-corrected chi connectivity index (χ1v) is 11.3. The molecule has 0 radical (unpaired) electrons. The summed E-state index contributed by atoms with van der Waals surface area (Å²) in [5.41, 5.74) is 11.9. The zero-order chi connectivity index (χ0) is 25.1. The Morgan fingerprint density at radius 1 is 0.889 bits per heavy atom. The standard InChI is InChI=1S/C29H22N6O/c1-19-12-14-20(15-13-19)28-25(18-35(34-28)22-10-6-3-7-11-22)23-16-26(36)29(27(31)24(23)17-30)33-32-21-8-4-2-5-9-21/h2-16,18,36H,31H2,1H3. The molecule has 5 aromatic rings. The van der Waals surface area contributed by atoms with Gasteiger partial charge >= 0.3 is 0 Å². The molecule has 0 aliphatic carbocycles. The molecule has 0 aliphatic heterocycles. The topological polar surface area (TPSA) is 113 Å². The second-order valence-corrected chi connectivity index (χ2v) is 8.27. The van der Waals surface area contributed by atoms with Crippen LogP contribution in [0.3, 0.4) is 0 Å². The highest BCUT2D eigenvalue weighted by Crippen LogP contribution is 2.44. The average molecular weight is 471 g/mol. The number of nitrogens with two attached hydrogens (primary N) is 1. The van der Waals surface area contributed by atoms with Crippen molar-refractivity contribution in [3.8, 4) is 39.9 Å². The van der Waals surface area contributed by atoms with E-state index in [1.165, 1.54) is 6.07 Å². The number of aromatic nitrogens is 2. The molecule has 1 aromatic heterocycles. The Morgan fingerprint density at radius 2 is 1.56 bits per heavy atom. The second-order valence-electron chi connectivity index (χ2n) is 8.27. The minimum atomic E-state index is -0.177. The molecule has 0 aliphatic rings. The lowest BCUT2D eigenvalue weighted by Crippen LogP contribution is -1.95. The molecule has 5 rings (SSSR count). The zero-order valence-corrected chi connectivity index (χ0v) is 19.5. The van der Waals surface area contributed by atoms with Crippen LogP contribution in [0.5, 0.6) is 5.75 Å². The molecule has 174 valence electrons. The Kier molecular flexibility index (Phi) is 6.00. The fraction of sp³-hybridized carbons (Fsp3) is 0.0345. The Balaban J connectivity index is 1.69. The fourth-order valence-electron chi connectivity index (χ4n) is 3.93. The van der Waals surface area contributed by atoms with E-state index in [-0.39, 0.29) is 22.7 Å². The summed E-state index contributed by atoms with van der Waals surface area (Å²) < 4.78 is 1.75. The van der Waals surface area contributed by atoms with Gasteiger partial charge in [-0.3, -0.25) is 0 Å². The molecule has 0 unspecified atom stereocenters.